The Balaban J connectivity index is 1.58. The average Bonchev–Trinajstić information content (AvgIpc) is 3.25. The number of amides is 1. The molecule has 3 aromatic rings. The van der Waals surface area contributed by atoms with Crippen LogP contribution in [0.5, 0.6) is 5.88 Å². The van der Waals surface area contributed by atoms with E-state index in [-0.39, 0.29) is 5.91 Å². The molecule has 0 atom stereocenters. The second-order valence-corrected chi connectivity index (χ2v) is 5.42. The standard InChI is InChI=1S/C15H15N5O2S/c1-2-22-14-4-3-11(7-16-14)15(21)17-8-12-9-20(19-18-12)13-5-6-23-10-13/h3-7,9-10H,2,8H2,1H3,(H,17,21). The van der Waals surface area contributed by atoms with Crippen molar-refractivity contribution >= 4 is 17.2 Å². The van der Waals surface area contributed by atoms with E-state index in [1.165, 1.54) is 6.20 Å². The van der Waals surface area contributed by atoms with Crippen molar-refractivity contribution in [2.75, 3.05) is 6.61 Å². The third-order valence-corrected chi connectivity index (χ3v) is 3.70. The smallest absolute Gasteiger partial charge is 0.253 e. The summed E-state index contributed by atoms with van der Waals surface area (Å²) in [5.74, 6) is 0.286. The van der Waals surface area contributed by atoms with Gasteiger partial charge in [0.15, 0.2) is 0 Å². The number of nitrogens with one attached hydrogen (secondary N) is 1. The highest BCUT2D eigenvalue weighted by Crippen LogP contribution is 2.11. The summed E-state index contributed by atoms with van der Waals surface area (Å²) in [5, 5.41) is 14.8. The molecule has 1 amide bonds. The van der Waals surface area contributed by atoms with Crippen molar-refractivity contribution in [2.24, 2.45) is 0 Å². The van der Waals surface area contributed by atoms with Gasteiger partial charge in [-0.05, 0) is 24.4 Å². The minimum Gasteiger partial charge on any atom is -0.478 e. The molecule has 3 aromatic heterocycles. The van der Waals surface area contributed by atoms with Gasteiger partial charge in [0.2, 0.25) is 5.88 Å². The van der Waals surface area contributed by atoms with Crippen LogP contribution in [0.3, 0.4) is 0 Å². The van der Waals surface area contributed by atoms with Crippen molar-refractivity contribution in [3.8, 4) is 11.6 Å². The van der Waals surface area contributed by atoms with E-state index in [9.17, 15) is 4.79 Å². The molecule has 3 rings (SSSR count). The van der Waals surface area contributed by atoms with E-state index in [4.69, 9.17) is 4.74 Å². The monoisotopic (exact) mass is 329 g/mol. The van der Waals surface area contributed by atoms with Gasteiger partial charge in [-0.25, -0.2) is 9.67 Å². The van der Waals surface area contributed by atoms with Gasteiger partial charge in [-0.3, -0.25) is 4.79 Å². The first-order valence-corrected chi connectivity index (χ1v) is 8.01. The molecular formula is C15H15N5O2S. The highest BCUT2D eigenvalue weighted by Gasteiger charge is 2.08. The number of pyridine rings is 1. The minimum absolute atomic E-state index is 0.217. The van der Waals surface area contributed by atoms with Crippen LogP contribution in [0.15, 0.2) is 41.4 Å². The number of thiophene rings is 1. The first-order chi connectivity index (χ1) is 11.3. The number of hydrogen-bond acceptors (Lipinski definition) is 6. The minimum atomic E-state index is -0.217. The van der Waals surface area contributed by atoms with E-state index in [2.05, 4.69) is 20.6 Å². The second-order valence-electron chi connectivity index (χ2n) is 4.64. The molecule has 23 heavy (non-hydrogen) atoms. The Hall–Kier alpha value is -2.74. The number of carbonyl (C=O) groups is 1. The Kier molecular flexibility index (Phi) is 4.62. The largest absolute Gasteiger partial charge is 0.478 e. The number of hydrogen-bond donors (Lipinski definition) is 1. The summed E-state index contributed by atoms with van der Waals surface area (Å²) in [6, 6.07) is 5.30. The van der Waals surface area contributed by atoms with E-state index in [0.717, 1.165) is 5.69 Å². The number of ether oxygens (including phenoxy) is 1. The number of carbonyl (C=O) groups excluding carboxylic acids is 1. The van der Waals surface area contributed by atoms with Crippen LogP contribution in [0.25, 0.3) is 5.69 Å². The zero-order valence-electron chi connectivity index (χ0n) is 12.5. The van der Waals surface area contributed by atoms with Gasteiger partial charge in [-0.1, -0.05) is 5.21 Å². The Morgan fingerprint density at radius 1 is 1.39 bits per heavy atom. The van der Waals surface area contributed by atoms with Crippen LogP contribution in [0.1, 0.15) is 23.0 Å². The van der Waals surface area contributed by atoms with Crippen molar-refractivity contribution in [3.63, 3.8) is 0 Å². The van der Waals surface area contributed by atoms with Gasteiger partial charge >= 0.3 is 0 Å². The van der Waals surface area contributed by atoms with Gasteiger partial charge in [0.05, 0.1) is 30.6 Å². The summed E-state index contributed by atoms with van der Waals surface area (Å²) in [7, 11) is 0. The molecule has 7 nitrogen and oxygen atoms in total. The molecule has 118 valence electrons. The highest BCUT2D eigenvalue weighted by molar-refractivity contribution is 7.08. The van der Waals surface area contributed by atoms with E-state index in [1.54, 1.807) is 34.3 Å². The molecule has 0 aliphatic heterocycles. The quantitative estimate of drug-likeness (QED) is 0.748. The molecule has 0 saturated carbocycles. The van der Waals surface area contributed by atoms with Gasteiger partial charge in [0.25, 0.3) is 5.91 Å². The Bertz CT molecular complexity index is 768. The van der Waals surface area contributed by atoms with E-state index in [1.807, 2.05) is 23.8 Å². The van der Waals surface area contributed by atoms with E-state index >= 15 is 0 Å². The van der Waals surface area contributed by atoms with Gasteiger partial charge in [-0.2, -0.15) is 11.3 Å². The van der Waals surface area contributed by atoms with Crippen LogP contribution in [-0.2, 0) is 6.54 Å². The molecule has 3 heterocycles. The molecular weight excluding hydrogens is 314 g/mol. The lowest BCUT2D eigenvalue weighted by molar-refractivity contribution is 0.0950. The predicted molar refractivity (Wildman–Crippen MR) is 85.8 cm³/mol. The van der Waals surface area contributed by atoms with Crippen molar-refractivity contribution in [1.82, 2.24) is 25.3 Å². The van der Waals surface area contributed by atoms with Gasteiger partial charge in [0.1, 0.15) is 5.69 Å². The van der Waals surface area contributed by atoms with E-state index in [0.29, 0.717) is 30.3 Å². The van der Waals surface area contributed by atoms with E-state index < -0.39 is 0 Å². The molecule has 0 unspecified atom stereocenters. The lowest BCUT2D eigenvalue weighted by atomic mass is 10.2. The number of aromatic nitrogens is 4. The summed E-state index contributed by atoms with van der Waals surface area (Å²) in [6.07, 6.45) is 3.28. The third kappa shape index (κ3) is 3.72. The topological polar surface area (TPSA) is 81.9 Å². The first-order valence-electron chi connectivity index (χ1n) is 7.07. The molecule has 0 aromatic carbocycles. The maximum Gasteiger partial charge on any atom is 0.253 e. The van der Waals surface area contributed by atoms with Gasteiger partial charge < -0.3 is 10.1 Å². The van der Waals surface area contributed by atoms with Crippen LogP contribution in [-0.4, -0.2) is 32.5 Å². The van der Waals surface area contributed by atoms with Crippen LogP contribution >= 0.6 is 11.3 Å². The average molecular weight is 329 g/mol. The highest BCUT2D eigenvalue weighted by atomic mass is 32.1. The fraction of sp³-hybridized carbons (Fsp3) is 0.200. The molecule has 0 saturated heterocycles. The summed E-state index contributed by atoms with van der Waals surface area (Å²) < 4.78 is 6.92. The molecule has 8 heteroatoms. The van der Waals surface area contributed by atoms with Crippen LogP contribution < -0.4 is 10.1 Å². The Labute approximate surface area is 136 Å². The third-order valence-electron chi connectivity index (χ3n) is 3.03. The second kappa shape index (κ2) is 7.01. The molecule has 0 aliphatic rings. The predicted octanol–water partition coefficient (Wildman–Crippen LogP) is 2.05. The van der Waals surface area contributed by atoms with Crippen LogP contribution in [0, 0.1) is 0 Å². The summed E-state index contributed by atoms with van der Waals surface area (Å²) in [4.78, 5) is 16.1. The maximum absolute atomic E-state index is 12.1. The number of nitrogens with zero attached hydrogens (tertiary/aromatic N) is 4. The summed E-state index contributed by atoms with van der Waals surface area (Å²) in [5.41, 5.74) is 2.11. The summed E-state index contributed by atoms with van der Waals surface area (Å²) >= 11 is 1.59. The lowest BCUT2D eigenvalue weighted by Crippen LogP contribution is -2.23. The SMILES string of the molecule is CCOc1ccc(C(=O)NCc2cn(-c3ccsc3)nn2)cn1. The molecule has 0 spiro atoms. The van der Waals surface area contributed by atoms with Crippen molar-refractivity contribution in [2.45, 2.75) is 13.5 Å². The fourth-order valence-corrected chi connectivity index (χ4v) is 2.54. The normalized spacial score (nSPS) is 10.5. The van der Waals surface area contributed by atoms with Crippen molar-refractivity contribution in [3.05, 3.63) is 52.6 Å². The molecule has 0 radical (unpaired) electrons. The Morgan fingerprint density at radius 2 is 2.30 bits per heavy atom. The molecule has 0 aliphatic carbocycles. The summed E-state index contributed by atoms with van der Waals surface area (Å²) in [6.45, 7) is 2.72. The van der Waals surface area contributed by atoms with Crippen LogP contribution in [0.4, 0.5) is 0 Å². The van der Waals surface area contributed by atoms with Crippen molar-refractivity contribution < 1.29 is 9.53 Å². The lowest BCUT2D eigenvalue weighted by Gasteiger charge is -2.04. The Morgan fingerprint density at radius 3 is 3.00 bits per heavy atom. The maximum atomic E-state index is 12.1. The zero-order chi connectivity index (χ0) is 16.1. The van der Waals surface area contributed by atoms with Crippen LogP contribution in [0.2, 0.25) is 0 Å². The fourth-order valence-electron chi connectivity index (χ4n) is 1.91. The zero-order valence-corrected chi connectivity index (χ0v) is 13.3. The molecule has 1 N–H and O–H groups in total. The number of rotatable bonds is 6. The van der Waals surface area contributed by atoms with Gasteiger partial charge in [-0.15, -0.1) is 5.10 Å². The first kappa shape index (κ1) is 15.2. The van der Waals surface area contributed by atoms with Gasteiger partial charge in [0, 0.05) is 17.6 Å². The molecule has 0 fully saturated rings. The molecule has 0 bridgehead atoms. The van der Waals surface area contributed by atoms with Crippen molar-refractivity contribution in [1.29, 1.82) is 0 Å².